The second-order valence-corrected chi connectivity index (χ2v) is 11.3. The van der Waals surface area contributed by atoms with Crippen molar-refractivity contribution >= 4 is 38.8 Å². The molecule has 200 valence electrons. The monoisotopic (exact) mass is 541 g/mol. The number of amides is 1. The smallest absolute Gasteiger partial charge is 0.262 e. The average molecular weight is 542 g/mol. The third kappa shape index (κ3) is 4.18. The number of ether oxygens (including phenoxy) is 1. The fourth-order valence-corrected chi connectivity index (χ4v) is 6.97. The number of thiophene rings is 1. The van der Waals surface area contributed by atoms with Crippen molar-refractivity contribution in [3.8, 4) is 11.5 Å². The van der Waals surface area contributed by atoms with Gasteiger partial charge in [0.25, 0.3) is 5.91 Å². The molecule has 39 heavy (non-hydrogen) atoms. The third-order valence-electron chi connectivity index (χ3n) is 7.76. The maximum atomic E-state index is 14.2. The largest absolute Gasteiger partial charge is 0.457 e. The Bertz CT molecular complexity index is 1600. The third-order valence-corrected chi connectivity index (χ3v) is 9.02. The second-order valence-electron chi connectivity index (χ2n) is 10.3. The molecule has 9 heteroatoms. The van der Waals surface area contributed by atoms with Gasteiger partial charge in [-0.3, -0.25) is 9.59 Å². The standard InChI is InChI=1S/C30H31N5O3S/c1-16-9-10-19(38-18-7-3-2-4-8-18)14-21(16)30(33)20-11-12-22(31)26-23(20)24(25(32)28(30)36)27(39-26)29(37)35-17-6-5-13-34-15-17/h2-4,7-12,14,17,25,34H,5-6,13,15,31-33H2,1H3,(H,35,37). The highest BCUT2D eigenvalue weighted by atomic mass is 32.1. The van der Waals surface area contributed by atoms with E-state index in [1.165, 1.54) is 11.3 Å². The van der Waals surface area contributed by atoms with Crippen molar-refractivity contribution in [2.24, 2.45) is 11.5 Å². The summed E-state index contributed by atoms with van der Waals surface area (Å²) in [4.78, 5) is 28.1. The van der Waals surface area contributed by atoms with Crippen LogP contribution in [0.15, 0.2) is 60.7 Å². The van der Waals surface area contributed by atoms with Gasteiger partial charge in [0.1, 0.15) is 17.0 Å². The van der Waals surface area contributed by atoms with E-state index in [-0.39, 0.29) is 17.7 Å². The molecular formula is C30H31N5O3S. The number of anilines is 1. The van der Waals surface area contributed by atoms with Crippen LogP contribution in [-0.2, 0) is 10.3 Å². The Morgan fingerprint density at radius 2 is 1.90 bits per heavy atom. The van der Waals surface area contributed by atoms with Crippen molar-refractivity contribution in [1.82, 2.24) is 10.6 Å². The molecular weight excluding hydrogens is 510 g/mol. The maximum absolute atomic E-state index is 14.2. The van der Waals surface area contributed by atoms with Gasteiger partial charge in [-0.15, -0.1) is 11.3 Å². The van der Waals surface area contributed by atoms with Crippen LogP contribution in [0.1, 0.15) is 50.8 Å². The van der Waals surface area contributed by atoms with Crippen LogP contribution in [0.3, 0.4) is 0 Å². The molecule has 1 aliphatic carbocycles. The van der Waals surface area contributed by atoms with Gasteiger partial charge >= 0.3 is 0 Å². The van der Waals surface area contributed by atoms with Crippen molar-refractivity contribution < 1.29 is 14.3 Å². The normalized spacial score (nSPS) is 22.6. The van der Waals surface area contributed by atoms with Gasteiger partial charge in [0.15, 0.2) is 5.78 Å². The first-order valence-electron chi connectivity index (χ1n) is 13.1. The Morgan fingerprint density at radius 3 is 2.64 bits per heavy atom. The summed E-state index contributed by atoms with van der Waals surface area (Å²) in [5.74, 6) is 0.598. The minimum atomic E-state index is -1.55. The summed E-state index contributed by atoms with van der Waals surface area (Å²) in [6.45, 7) is 3.55. The number of rotatable bonds is 5. The predicted molar refractivity (Wildman–Crippen MR) is 154 cm³/mol. The molecule has 1 aromatic heterocycles. The number of carbonyl (C=O) groups is 2. The lowest BCUT2D eigenvalue weighted by Crippen LogP contribution is -2.53. The van der Waals surface area contributed by atoms with E-state index in [0.717, 1.165) is 24.9 Å². The van der Waals surface area contributed by atoms with Crippen LogP contribution in [0.5, 0.6) is 11.5 Å². The first-order valence-corrected chi connectivity index (χ1v) is 13.9. The van der Waals surface area contributed by atoms with E-state index in [4.69, 9.17) is 21.9 Å². The minimum absolute atomic E-state index is 0.0135. The number of Topliss-reactive ketones (excluding diaryl/α,β-unsaturated/α-hetero) is 1. The van der Waals surface area contributed by atoms with Crippen LogP contribution in [0.25, 0.3) is 10.1 Å². The van der Waals surface area contributed by atoms with Crippen molar-refractivity contribution in [1.29, 1.82) is 0 Å². The Balaban J connectivity index is 1.48. The van der Waals surface area contributed by atoms with E-state index < -0.39 is 11.6 Å². The van der Waals surface area contributed by atoms with E-state index in [1.54, 1.807) is 18.2 Å². The van der Waals surface area contributed by atoms with Gasteiger partial charge in [0, 0.05) is 29.2 Å². The van der Waals surface area contributed by atoms with Crippen LogP contribution >= 0.6 is 11.3 Å². The van der Waals surface area contributed by atoms with Gasteiger partial charge in [-0.25, -0.2) is 0 Å². The lowest BCUT2D eigenvalue weighted by Gasteiger charge is -2.37. The number of aryl methyl sites for hydroxylation is 1. The molecule has 4 aromatic rings. The molecule has 3 unspecified atom stereocenters. The van der Waals surface area contributed by atoms with Crippen molar-refractivity contribution in [3.05, 3.63) is 87.8 Å². The topological polar surface area (TPSA) is 145 Å². The molecule has 0 spiro atoms. The zero-order valence-corrected chi connectivity index (χ0v) is 22.4. The molecule has 1 aliphatic heterocycles. The second kappa shape index (κ2) is 9.77. The Hall–Kier alpha value is -3.76. The number of nitrogens with two attached hydrogens (primary N) is 3. The Labute approximate surface area is 230 Å². The molecule has 3 aromatic carbocycles. The maximum Gasteiger partial charge on any atom is 0.262 e. The first-order chi connectivity index (χ1) is 18.8. The molecule has 0 radical (unpaired) electrons. The highest BCUT2D eigenvalue weighted by Crippen LogP contribution is 2.50. The molecule has 1 fully saturated rings. The number of carbonyl (C=O) groups excluding carboxylic acids is 2. The van der Waals surface area contributed by atoms with Gasteiger partial charge in [-0.2, -0.15) is 0 Å². The van der Waals surface area contributed by atoms with Gasteiger partial charge in [-0.1, -0.05) is 30.3 Å². The molecule has 0 saturated carbocycles. The molecule has 6 rings (SSSR count). The molecule has 8 N–H and O–H groups in total. The van der Waals surface area contributed by atoms with Crippen LogP contribution in [0.4, 0.5) is 5.69 Å². The van der Waals surface area contributed by atoms with E-state index in [9.17, 15) is 9.59 Å². The zero-order chi connectivity index (χ0) is 27.3. The lowest BCUT2D eigenvalue weighted by atomic mass is 9.69. The summed E-state index contributed by atoms with van der Waals surface area (Å²) in [5, 5.41) is 7.11. The van der Waals surface area contributed by atoms with Gasteiger partial charge in [-0.05, 0) is 73.3 Å². The van der Waals surface area contributed by atoms with E-state index in [2.05, 4.69) is 10.6 Å². The van der Waals surface area contributed by atoms with E-state index >= 15 is 0 Å². The van der Waals surface area contributed by atoms with Gasteiger partial charge in [0.05, 0.1) is 15.6 Å². The minimum Gasteiger partial charge on any atom is -0.457 e. The lowest BCUT2D eigenvalue weighted by molar-refractivity contribution is -0.124. The van der Waals surface area contributed by atoms with Crippen molar-refractivity contribution in [2.75, 3.05) is 18.8 Å². The number of hydrogen-bond donors (Lipinski definition) is 5. The van der Waals surface area contributed by atoms with Gasteiger partial charge in [0.2, 0.25) is 0 Å². The van der Waals surface area contributed by atoms with Gasteiger partial charge < -0.3 is 32.6 Å². The summed E-state index contributed by atoms with van der Waals surface area (Å²) in [5.41, 5.74) is 21.6. The fraction of sp³-hybridized carbons (Fsp3) is 0.267. The summed E-state index contributed by atoms with van der Waals surface area (Å²) in [6, 6.07) is 17.4. The van der Waals surface area contributed by atoms with Crippen molar-refractivity contribution in [2.45, 2.75) is 37.4 Å². The summed E-state index contributed by atoms with van der Waals surface area (Å²) >= 11 is 1.27. The molecule has 8 nitrogen and oxygen atoms in total. The number of piperidine rings is 1. The molecule has 1 amide bonds. The Kier molecular flexibility index (Phi) is 6.39. The number of ketones is 1. The summed E-state index contributed by atoms with van der Waals surface area (Å²) < 4.78 is 6.78. The molecule has 3 atom stereocenters. The number of nitrogen functional groups attached to an aromatic ring is 1. The zero-order valence-electron chi connectivity index (χ0n) is 21.6. The van der Waals surface area contributed by atoms with E-state index in [0.29, 0.717) is 55.4 Å². The SMILES string of the molecule is Cc1ccc(Oc2ccccc2)cc1C1(N)C(=O)C(N)c2c(C(=O)NC3CCCNC3)sc3c(N)ccc1c23. The van der Waals surface area contributed by atoms with Crippen LogP contribution < -0.4 is 32.6 Å². The molecule has 0 bridgehead atoms. The highest BCUT2D eigenvalue weighted by molar-refractivity contribution is 7.21. The van der Waals surface area contributed by atoms with Crippen LogP contribution in [0, 0.1) is 6.92 Å². The van der Waals surface area contributed by atoms with Crippen LogP contribution in [0.2, 0.25) is 0 Å². The van der Waals surface area contributed by atoms with Crippen LogP contribution in [-0.4, -0.2) is 30.8 Å². The first kappa shape index (κ1) is 25.5. The average Bonchev–Trinajstić information content (AvgIpc) is 3.35. The fourth-order valence-electron chi connectivity index (χ4n) is 5.77. The number of nitrogens with one attached hydrogen (secondary N) is 2. The predicted octanol–water partition coefficient (Wildman–Crippen LogP) is 3.85. The molecule has 1 saturated heterocycles. The highest BCUT2D eigenvalue weighted by Gasteiger charge is 2.49. The summed E-state index contributed by atoms with van der Waals surface area (Å²) in [7, 11) is 0. The number of para-hydroxylation sites is 1. The molecule has 2 heterocycles. The van der Waals surface area contributed by atoms with Crippen molar-refractivity contribution in [3.63, 3.8) is 0 Å². The Morgan fingerprint density at radius 1 is 1.10 bits per heavy atom. The van der Waals surface area contributed by atoms with E-state index in [1.807, 2.05) is 49.4 Å². The summed E-state index contributed by atoms with van der Waals surface area (Å²) in [6.07, 6.45) is 1.88. The number of benzene rings is 3. The quantitative estimate of drug-likeness (QED) is 0.241. The number of hydrogen-bond acceptors (Lipinski definition) is 8. The molecule has 2 aliphatic rings.